The molecule has 1 aliphatic carbocycles. The van der Waals surface area contributed by atoms with Gasteiger partial charge in [0.25, 0.3) is 0 Å². The molecular weight excluding hydrogens is 161 g/mol. The van der Waals surface area contributed by atoms with Gasteiger partial charge in [-0.2, -0.15) is 0 Å². The lowest BCUT2D eigenvalue weighted by molar-refractivity contribution is 0.274. The first-order valence-electron chi connectivity index (χ1n) is 4.71. The van der Waals surface area contributed by atoms with Crippen molar-refractivity contribution >= 4 is 13.3 Å². The Morgan fingerprint density at radius 1 is 1.46 bits per heavy atom. The Morgan fingerprint density at radius 3 is 2.85 bits per heavy atom. The summed E-state index contributed by atoms with van der Waals surface area (Å²) in [6, 6.07) is 3.19. The molecule has 2 rings (SSSR count). The molecule has 0 bridgehead atoms. The molecule has 0 unspecified atom stereocenters. The number of pyridine rings is 1. The van der Waals surface area contributed by atoms with Crippen LogP contribution in [0.4, 0.5) is 0 Å². The first kappa shape index (κ1) is 8.61. The molecule has 1 saturated carbocycles. The maximum absolute atomic E-state index is 11.4. The lowest BCUT2D eigenvalue weighted by Gasteiger charge is -2.25. The second kappa shape index (κ2) is 3.40. The normalized spacial score (nSPS) is 16.9. The third kappa shape index (κ3) is 1.85. The predicted octanol–water partition coefficient (Wildman–Crippen LogP) is 0.442. The maximum atomic E-state index is 11.4. The first-order valence-corrected chi connectivity index (χ1v) is 4.71. The molecule has 1 aromatic rings. The van der Waals surface area contributed by atoms with Crippen LogP contribution in [0.5, 0.6) is 0 Å². The summed E-state index contributed by atoms with van der Waals surface area (Å²) >= 11 is 0. The highest BCUT2D eigenvalue weighted by atomic mass is 16.1. The molecule has 13 heavy (non-hydrogen) atoms. The van der Waals surface area contributed by atoms with Gasteiger partial charge in [-0.15, -0.1) is 0 Å². The zero-order chi connectivity index (χ0) is 9.26. The van der Waals surface area contributed by atoms with Crippen LogP contribution in [-0.2, 0) is 6.54 Å². The molecule has 1 aromatic heterocycles. The van der Waals surface area contributed by atoms with E-state index < -0.39 is 0 Å². The molecular formula is C10H12BNO. The fraction of sp³-hybridized carbons (Fsp3) is 0.500. The van der Waals surface area contributed by atoms with Crippen LogP contribution in [0, 0.1) is 5.92 Å². The van der Waals surface area contributed by atoms with Gasteiger partial charge in [-0.3, -0.25) is 4.79 Å². The molecule has 1 heterocycles. The standard InChI is InChI=1S/C10H12BNO/c11-9-4-5-10(13)12(7-9)6-8-2-1-3-8/h4-5,7-8H,1-3,6H2. The highest BCUT2D eigenvalue weighted by Gasteiger charge is 2.17. The van der Waals surface area contributed by atoms with Crippen molar-refractivity contribution in [2.45, 2.75) is 25.8 Å². The molecule has 0 N–H and O–H groups in total. The highest BCUT2D eigenvalue weighted by molar-refractivity contribution is 6.32. The van der Waals surface area contributed by atoms with Crippen molar-refractivity contribution in [3.63, 3.8) is 0 Å². The van der Waals surface area contributed by atoms with E-state index in [1.165, 1.54) is 25.3 Å². The van der Waals surface area contributed by atoms with Crippen molar-refractivity contribution in [1.82, 2.24) is 4.57 Å². The van der Waals surface area contributed by atoms with E-state index in [1.54, 1.807) is 16.8 Å². The zero-order valence-corrected chi connectivity index (χ0v) is 7.57. The van der Waals surface area contributed by atoms with Gasteiger partial charge in [0.2, 0.25) is 5.56 Å². The first-order chi connectivity index (χ1) is 6.25. The minimum absolute atomic E-state index is 0.0566. The minimum atomic E-state index is 0.0566. The molecule has 2 radical (unpaired) electrons. The van der Waals surface area contributed by atoms with Gasteiger partial charge < -0.3 is 4.57 Å². The van der Waals surface area contributed by atoms with E-state index in [1.807, 2.05) is 0 Å². The molecule has 3 heteroatoms. The fourth-order valence-corrected chi connectivity index (χ4v) is 1.65. The van der Waals surface area contributed by atoms with Gasteiger partial charge >= 0.3 is 0 Å². The Morgan fingerprint density at radius 2 is 2.23 bits per heavy atom. The van der Waals surface area contributed by atoms with Crippen LogP contribution < -0.4 is 11.0 Å². The van der Waals surface area contributed by atoms with Gasteiger partial charge in [0.15, 0.2) is 0 Å². The van der Waals surface area contributed by atoms with Crippen molar-refractivity contribution in [2.75, 3.05) is 0 Å². The van der Waals surface area contributed by atoms with Crippen LogP contribution in [0.1, 0.15) is 19.3 Å². The summed E-state index contributed by atoms with van der Waals surface area (Å²) in [7, 11) is 5.60. The van der Waals surface area contributed by atoms with Gasteiger partial charge in [-0.1, -0.05) is 17.9 Å². The van der Waals surface area contributed by atoms with Gasteiger partial charge in [-0.05, 0) is 18.8 Å². The van der Waals surface area contributed by atoms with Gasteiger partial charge in [0.05, 0.1) is 0 Å². The molecule has 0 saturated heterocycles. The molecule has 2 nitrogen and oxygen atoms in total. The summed E-state index contributed by atoms with van der Waals surface area (Å²) in [6.45, 7) is 0.837. The summed E-state index contributed by atoms with van der Waals surface area (Å²) in [6.07, 6.45) is 5.55. The van der Waals surface area contributed by atoms with Crippen molar-refractivity contribution in [3.8, 4) is 0 Å². The van der Waals surface area contributed by atoms with E-state index in [4.69, 9.17) is 7.85 Å². The summed E-state index contributed by atoms with van der Waals surface area (Å²) < 4.78 is 1.72. The smallest absolute Gasteiger partial charge is 0.250 e. The molecule has 1 fully saturated rings. The molecule has 0 aliphatic heterocycles. The Bertz CT molecular complexity index is 354. The van der Waals surface area contributed by atoms with E-state index in [2.05, 4.69) is 0 Å². The van der Waals surface area contributed by atoms with Crippen LogP contribution >= 0.6 is 0 Å². The van der Waals surface area contributed by atoms with Crippen molar-refractivity contribution in [1.29, 1.82) is 0 Å². The minimum Gasteiger partial charge on any atom is -0.316 e. The zero-order valence-electron chi connectivity index (χ0n) is 7.57. The second-order valence-electron chi connectivity index (χ2n) is 3.75. The highest BCUT2D eigenvalue weighted by Crippen LogP contribution is 2.27. The van der Waals surface area contributed by atoms with Crippen molar-refractivity contribution in [2.24, 2.45) is 5.92 Å². The monoisotopic (exact) mass is 173 g/mol. The lowest BCUT2D eigenvalue weighted by Crippen LogP contribution is -2.28. The molecule has 0 aromatic carbocycles. The summed E-state index contributed by atoms with van der Waals surface area (Å²) in [4.78, 5) is 11.4. The van der Waals surface area contributed by atoms with Crippen molar-refractivity contribution in [3.05, 3.63) is 28.7 Å². The Balaban J connectivity index is 2.17. The van der Waals surface area contributed by atoms with E-state index in [9.17, 15) is 4.79 Å². The number of hydrogen-bond acceptors (Lipinski definition) is 1. The summed E-state index contributed by atoms with van der Waals surface area (Å²) in [5, 5.41) is 0. The number of nitrogens with zero attached hydrogens (tertiary/aromatic N) is 1. The summed E-state index contributed by atoms with van der Waals surface area (Å²) in [5.74, 6) is 0.694. The van der Waals surface area contributed by atoms with Crippen LogP contribution in [0.2, 0.25) is 0 Å². The molecule has 1 aliphatic rings. The number of aromatic nitrogens is 1. The van der Waals surface area contributed by atoms with Gasteiger partial charge in [0, 0.05) is 18.8 Å². The van der Waals surface area contributed by atoms with Crippen LogP contribution in [0.15, 0.2) is 23.1 Å². The molecule has 0 spiro atoms. The maximum Gasteiger partial charge on any atom is 0.250 e. The SMILES string of the molecule is [B]c1ccc(=O)n(CC2CCC2)c1. The average Bonchev–Trinajstić information content (AvgIpc) is 2.03. The van der Waals surface area contributed by atoms with E-state index in [0.717, 1.165) is 6.54 Å². The summed E-state index contributed by atoms with van der Waals surface area (Å²) in [5.41, 5.74) is 0.722. The third-order valence-corrected chi connectivity index (χ3v) is 2.69. The molecule has 66 valence electrons. The Labute approximate surface area is 79.0 Å². The average molecular weight is 173 g/mol. The topological polar surface area (TPSA) is 22.0 Å². The predicted molar refractivity (Wildman–Crippen MR) is 53.4 cm³/mol. The van der Waals surface area contributed by atoms with Crippen LogP contribution in [-0.4, -0.2) is 12.4 Å². The van der Waals surface area contributed by atoms with Crippen LogP contribution in [0.25, 0.3) is 0 Å². The largest absolute Gasteiger partial charge is 0.316 e. The van der Waals surface area contributed by atoms with Gasteiger partial charge in [0.1, 0.15) is 7.85 Å². The number of hydrogen-bond donors (Lipinski definition) is 0. The second-order valence-corrected chi connectivity index (χ2v) is 3.75. The number of rotatable bonds is 2. The third-order valence-electron chi connectivity index (χ3n) is 2.69. The Hall–Kier alpha value is -0.985. The molecule has 0 amide bonds. The van der Waals surface area contributed by atoms with E-state index in [0.29, 0.717) is 11.4 Å². The Kier molecular flexibility index (Phi) is 2.25. The van der Waals surface area contributed by atoms with Gasteiger partial charge in [-0.25, -0.2) is 0 Å². The quantitative estimate of drug-likeness (QED) is 0.595. The van der Waals surface area contributed by atoms with E-state index >= 15 is 0 Å². The molecule has 0 atom stereocenters. The van der Waals surface area contributed by atoms with E-state index in [-0.39, 0.29) is 5.56 Å². The van der Waals surface area contributed by atoms with Crippen molar-refractivity contribution < 1.29 is 0 Å². The fourth-order valence-electron chi connectivity index (χ4n) is 1.65. The van der Waals surface area contributed by atoms with Crippen LogP contribution in [0.3, 0.4) is 0 Å². The lowest BCUT2D eigenvalue weighted by atomic mass is 9.85.